The van der Waals surface area contributed by atoms with Gasteiger partial charge in [-0.3, -0.25) is 9.10 Å². The third-order valence-corrected chi connectivity index (χ3v) is 6.07. The molecule has 146 valence electrons. The first-order valence-electron chi connectivity index (χ1n) is 9.27. The van der Waals surface area contributed by atoms with Crippen LogP contribution >= 0.6 is 0 Å². The predicted octanol–water partition coefficient (Wildman–Crippen LogP) is 2.06. The molecule has 1 heterocycles. The Kier molecular flexibility index (Phi) is 7.06. The van der Waals surface area contributed by atoms with E-state index in [0.717, 1.165) is 43.4 Å². The molecule has 0 aromatic heterocycles. The fraction of sp³-hybridized carbons (Fsp3) is 0.632. The lowest BCUT2D eigenvalue weighted by Gasteiger charge is -2.29. The fourth-order valence-corrected chi connectivity index (χ4v) is 4.63. The number of nitrogens with one attached hydrogen (secondary N) is 1. The number of nitrogens with zero attached hydrogens (tertiary/aromatic N) is 2. The number of benzene rings is 1. The first kappa shape index (κ1) is 20.7. The van der Waals surface area contributed by atoms with Gasteiger partial charge in [0.15, 0.2) is 0 Å². The molecule has 0 spiro atoms. The maximum atomic E-state index is 12.6. The molecule has 1 aliphatic heterocycles. The van der Waals surface area contributed by atoms with E-state index in [9.17, 15) is 13.2 Å². The van der Waals surface area contributed by atoms with Gasteiger partial charge in [0, 0.05) is 6.54 Å². The zero-order valence-electron chi connectivity index (χ0n) is 16.3. The largest absolute Gasteiger partial charge is 0.354 e. The minimum atomic E-state index is -3.58. The highest BCUT2D eigenvalue weighted by Gasteiger charge is 2.30. The predicted molar refractivity (Wildman–Crippen MR) is 106 cm³/mol. The number of rotatable bonds is 8. The van der Waals surface area contributed by atoms with Crippen LogP contribution in [0.3, 0.4) is 0 Å². The summed E-state index contributed by atoms with van der Waals surface area (Å²) in [4.78, 5) is 15.0. The zero-order chi connectivity index (χ0) is 19.3. The molecule has 1 atom stereocenters. The Hall–Kier alpha value is -1.60. The number of carbonyl (C=O) groups is 1. The van der Waals surface area contributed by atoms with E-state index in [1.807, 2.05) is 32.0 Å². The van der Waals surface area contributed by atoms with Gasteiger partial charge < -0.3 is 10.2 Å². The Morgan fingerprint density at radius 2 is 1.92 bits per heavy atom. The fourth-order valence-electron chi connectivity index (χ4n) is 3.41. The summed E-state index contributed by atoms with van der Waals surface area (Å²) in [6, 6.07) is 4.83. The van der Waals surface area contributed by atoms with Crippen LogP contribution in [0.25, 0.3) is 0 Å². The van der Waals surface area contributed by atoms with Crippen molar-refractivity contribution in [1.82, 2.24) is 10.2 Å². The summed E-state index contributed by atoms with van der Waals surface area (Å²) in [7, 11) is -3.58. The first-order valence-corrected chi connectivity index (χ1v) is 11.1. The third-order valence-electron chi connectivity index (χ3n) is 4.84. The molecule has 1 aromatic carbocycles. The number of carbonyl (C=O) groups excluding carboxylic acids is 1. The van der Waals surface area contributed by atoms with Crippen LogP contribution in [0.2, 0.25) is 0 Å². The highest BCUT2D eigenvalue weighted by molar-refractivity contribution is 7.92. The van der Waals surface area contributed by atoms with Gasteiger partial charge in [-0.1, -0.05) is 12.1 Å². The number of hydrogen-bond acceptors (Lipinski definition) is 4. The Morgan fingerprint density at radius 3 is 2.54 bits per heavy atom. The molecule has 1 aliphatic rings. The molecule has 0 saturated carbocycles. The molecule has 0 radical (unpaired) electrons. The van der Waals surface area contributed by atoms with Gasteiger partial charge >= 0.3 is 0 Å². The Bertz CT molecular complexity index is 728. The van der Waals surface area contributed by atoms with Crippen molar-refractivity contribution in [3.05, 3.63) is 29.3 Å². The van der Waals surface area contributed by atoms with Crippen molar-refractivity contribution in [2.75, 3.05) is 36.7 Å². The van der Waals surface area contributed by atoms with Crippen molar-refractivity contribution in [2.24, 2.45) is 0 Å². The first-order chi connectivity index (χ1) is 12.2. The minimum absolute atomic E-state index is 0.266. The molecule has 1 N–H and O–H groups in total. The van der Waals surface area contributed by atoms with Crippen LogP contribution in [0, 0.1) is 13.8 Å². The number of hydrogen-bond donors (Lipinski definition) is 1. The molecule has 1 aromatic rings. The van der Waals surface area contributed by atoms with Gasteiger partial charge in [-0.2, -0.15) is 0 Å². The Labute approximate surface area is 157 Å². The lowest BCUT2D eigenvalue weighted by molar-refractivity contribution is -0.121. The van der Waals surface area contributed by atoms with Gasteiger partial charge in [-0.15, -0.1) is 0 Å². The van der Waals surface area contributed by atoms with Crippen molar-refractivity contribution in [3.63, 3.8) is 0 Å². The quantitative estimate of drug-likeness (QED) is 0.700. The van der Waals surface area contributed by atoms with E-state index in [1.54, 1.807) is 6.92 Å². The van der Waals surface area contributed by atoms with Crippen LogP contribution in [-0.4, -0.2) is 57.7 Å². The summed E-state index contributed by atoms with van der Waals surface area (Å²) < 4.78 is 26.0. The molecule has 2 rings (SSSR count). The Morgan fingerprint density at radius 1 is 1.27 bits per heavy atom. The van der Waals surface area contributed by atoms with Crippen molar-refractivity contribution in [1.29, 1.82) is 0 Å². The van der Waals surface area contributed by atoms with E-state index in [0.29, 0.717) is 12.2 Å². The maximum Gasteiger partial charge on any atom is 0.243 e. The normalized spacial score (nSPS) is 16.5. The summed E-state index contributed by atoms with van der Waals surface area (Å²) >= 11 is 0. The summed E-state index contributed by atoms with van der Waals surface area (Å²) in [5.41, 5.74) is 2.35. The molecule has 1 amide bonds. The van der Waals surface area contributed by atoms with Crippen LogP contribution in [0.15, 0.2) is 18.2 Å². The van der Waals surface area contributed by atoms with Crippen LogP contribution < -0.4 is 9.62 Å². The average Bonchev–Trinajstić information content (AvgIpc) is 3.07. The van der Waals surface area contributed by atoms with Crippen molar-refractivity contribution >= 4 is 21.6 Å². The third kappa shape index (κ3) is 5.45. The molecule has 7 heteroatoms. The summed E-state index contributed by atoms with van der Waals surface area (Å²) in [6.45, 7) is 9.21. The van der Waals surface area contributed by atoms with E-state index >= 15 is 0 Å². The molecule has 26 heavy (non-hydrogen) atoms. The summed E-state index contributed by atoms with van der Waals surface area (Å²) in [5, 5.41) is 2.89. The summed E-state index contributed by atoms with van der Waals surface area (Å²) in [5.74, 6) is -0.266. The second kappa shape index (κ2) is 8.86. The lowest BCUT2D eigenvalue weighted by Crippen LogP contribution is -2.48. The topological polar surface area (TPSA) is 69.7 Å². The molecule has 0 aliphatic carbocycles. The SMILES string of the molecule is Cc1ccc(C)c(N(C(C)C(=O)NCCCN2CCCC2)S(C)(=O)=O)c1. The van der Waals surface area contributed by atoms with Gasteiger partial charge in [0.2, 0.25) is 15.9 Å². The Balaban J connectivity index is 2.02. The highest BCUT2D eigenvalue weighted by atomic mass is 32.2. The van der Waals surface area contributed by atoms with Gasteiger partial charge in [-0.25, -0.2) is 8.42 Å². The number of aryl methyl sites for hydroxylation is 2. The van der Waals surface area contributed by atoms with Crippen molar-refractivity contribution in [2.45, 2.75) is 46.1 Å². The van der Waals surface area contributed by atoms with Crippen molar-refractivity contribution < 1.29 is 13.2 Å². The monoisotopic (exact) mass is 381 g/mol. The average molecular weight is 382 g/mol. The second-order valence-electron chi connectivity index (χ2n) is 7.22. The molecule has 1 unspecified atom stereocenters. The van der Waals surface area contributed by atoms with E-state index < -0.39 is 16.1 Å². The van der Waals surface area contributed by atoms with Crippen LogP contribution in [0.4, 0.5) is 5.69 Å². The molecular formula is C19H31N3O3S. The maximum absolute atomic E-state index is 12.6. The van der Waals surface area contributed by atoms with Gasteiger partial charge in [0.1, 0.15) is 6.04 Å². The number of likely N-dealkylation sites (tertiary alicyclic amines) is 1. The molecule has 1 saturated heterocycles. The molecular weight excluding hydrogens is 350 g/mol. The highest BCUT2D eigenvalue weighted by Crippen LogP contribution is 2.26. The summed E-state index contributed by atoms with van der Waals surface area (Å²) in [6.07, 6.45) is 4.53. The van der Waals surface area contributed by atoms with Gasteiger partial charge in [0.25, 0.3) is 0 Å². The van der Waals surface area contributed by atoms with Gasteiger partial charge in [-0.05, 0) is 76.9 Å². The second-order valence-corrected chi connectivity index (χ2v) is 9.08. The van der Waals surface area contributed by atoms with Crippen molar-refractivity contribution in [3.8, 4) is 0 Å². The lowest BCUT2D eigenvalue weighted by atomic mass is 10.1. The van der Waals surface area contributed by atoms with E-state index in [-0.39, 0.29) is 5.91 Å². The van der Waals surface area contributed by atoms with Gasteiger partial charge in [0.05, 0.1) is 11.9 Å². The number of amides is 1. The zero-order valence-corrected chi connectivity index (χ0v) is 17.1. The smallest absolute Gasteiger partial charge is 0.243 e. The molecule has 1 fully saturated rings. The van der Waals surface area contributed by atoms with Crippen LogP contribution in [0.1, 0.15) is 37.3 Å². The molecule has 0 bridgehead atoms. The number of sulfonamides is 1. The van der Waals surface area contributed by atoms with E-state index in [2.05, 4.69) is 10.2 Å². The van der Waals surface area contributed by atoms with Crippen LogP contribution in [0.5, 0.6) is 0 Å². The van der Waals surface area contributed by atoms with E-state index in [4.69, 9.17) is 0 Å². The molecule has 6 nitrogen and oxygen atoms in total. The standard InChI is InChI=1S/C19H31N3O3S/c1-15-8-9-16(2)18(14-15)22(26(4,24)25)17(3)19(23)20-10-7-13-21-11-5-6-12-21/h8-9,14,17H,5-7,10-13H2,1-4H3,(H,20,23). The van der Waals surface area contributed by atoms with E-state index in [1.165, 1.54) is 17.1 Å². The van der Waals surface area contributed by atoms with Crippen LogP contribution in [-0.2, 0) is 14.8 Å². The number of anilines is 1. The minimum Gasteiger partial charge on any atom is -0.354 e.